The molecule has 2 aliphatic rings. The Balaban J connectivity index is 1.53. The molecule has 2 aromatic rings. The van der Waals surface area contributed by atoms with Gasteiger partial charge in [-0.3, -0.25) is 9.59 Å². The highest BCUT2D eigenvalue weighted by Crippen LogP contribution is 2.39. The standard InChI is InChI=1S/C23H29N3O4S2/c1-14-7-12-18-19(13-14)31-23(20(18)21(24)27)25-22(28)15-8-10-17(11-9-15)32(29,30)26(2)16-5-3-4-6-16/h8-11,14,16H,3-7,12-13H2,1-2H3,(H2,24,27)(H,25,28)/t14-/m0/s1. The largest absolute Gasteiger partial charge is 0.365 e. The Morgan fingerprint density at radius 1 is 1.12 bits per heavy atom. The van der Waals surface area contributed by atoms with Gasteiger partial charge in [-0.25, -0.2) is 8.42 Å². The first kappa shape index (κ1) is 22.9. The molecule has 4 rings (SSSR count). The van der Waals surface area contributed by atoms with Crippen LogP contribution in [0.3, 0.4) is 0 Å². The lowest BCUT2D eigenvalue weighted by molar-refractivity contribution is 0.1000. The van der Waals surface area contributed by atoms with Crippen LogP contribution in [-0.2, 0) is 22.9 Å². The zero-order valence-electron chi connectivity index (χ0n) is 18.4. The molecule has 1 atom stereocenters. The SMILES string of the molecule is C[C@H]1CCc2c(sc(NC(=O)c3ccc(S(=O)(=O)N(C)C4CCCC4)cc3)c2C(N)=O)C1. The number of carbonyl (C=O) groups is 2. The number of benzene rings is 1. The fourth-order valence-corrected chi connectivity index (χ4v) is 7.51. The number of thiophene rings is 1. The summed E-state index contributed by atoms with van der Waals surface area (Å²) in [6, 6.07) is 5.97. The minimum absolute atomic E-state index is 0.0303. The highest BCUT2D eigenvalue weighted by atomic mass is 32.2. The average Bonchev–Trinajstić information content (AvgIpc) is 3.40. The van der Waals surface area contributed by atoms with Crippen molar-refractivity contribution in [1.82, 2.24) is 4.31 Å². The van der Waals surface area contributed by atoms with Gasteiger partial charge < -0.3 is 11.1 Å². The molecule has 0 aliphatic heterocycles. The van der Waals surface area contributed by atoms with E-state index in [0.29, 0.717) is 22.0 Å². The number of nitrogens with one attached hydrogen (secondary N) is 1. The molecule has 1 saturated carbocycles. The number of nitrogens with two attached hydrogens (primary N) is 1. The molecule has 0 saturated heterocycles. The van der Waals surface area contributed by atoms with Crippen LogP contribution in [0.4, 0.5) is 5.00 Å². The number of nitrogens with zero attached hydrogens (tertiary/aromatic N) is 1. The molecule has 0 bridgehead atoms. The van der Waals surface area contributed by atoms with Crippen LogP contribution in [0, 0.1) is 5.92 Å². The van der Waals surface area contributed by atoms with Gasteiger partial charge in [-0.15, -0.1) is 11.3 Å². The van der Waals surface area contributed by atoms with E-state index in [1.807, 2.05) is 0 Å². The van der Waals surface area contributed by atoms with E-state index in [1.165, 1.54) is 39.9 Å². The maximum atomic E-state index is 12.9. The molecule has 0 spiro atoms. The van der Waals surface area contributed by atoms with Crippen molar-refractivity contribution in [2.75, 3.05) is 12.4 Å². The molecule has 2 aliphatic carbocycles. The van der Waals surface area contributed by atoms with Crippen LogP contribution in [0.5, 0.6) is 0 Å². The van der Waals surface area contributed by atoms with Gasteiger partial charge >= 0.3 is 0 Å². The number of carbonyl (C=O) groups excluding carboxylic acids is 2. The lowest BCUT2D eigenvalue weighted by atomic mass is 9.88. The molecule has 3 N–H and O–H groups in total. The number of amides is 2. The van der Waals surface area contributed by atoms with Crippen molar-refractivity contribution in [2.24, 2.45) is 11.7 Å². The van der Waals surface area contributed by atoms with Crippen LogP contribution in [0.2, 0.25) is 0 Å². The lowest BCUT2D eigenvalue weighted by Gasteiger charge is -2.23. The Hall–Kier alpha value is -2.23. The quantitative estimate of drug-likeness (QED) is 0.662. The summed E-state index contributed by atoms with van der Waals surface area (Å²) in [6.45, 7) is 2.17. The van der Waals surface area contributed by atoms with Crippen LogP contribution in [-0.4, -0.2) is 37.6 Å². The van der Waals surface area contributed by atoms with Gasteiger partial charge in [0.15, 0.2) is 0 Å². The molecule has 172 valence electrons. The van der Waals surface area contributed by atoms with Crippen LogP contribution >= 0.6 is 11.3 Å². The molecule has 0 unspecified atom stereocenters. The molecule has 1 heterocycles. The van der Waals surface area contributed by atoms with E-state index in [1.54, 1.807) is 7.05 Å². The Morgan fingerprint density at radius 3 is 2.41 bits per heavy atom. The van der Waals surface area contributed by atoms with E-state index >= 15 is 0 Å². The predicted octanol–water partition coefficient (Wildman–Crippen LogP) is 3.79. The number of hydrogen-bond acceptors (Lipinski definition) is 5. The third kappa shape index (κ3) is 4.33. The number of primary amides is 1. The topological polar surface area (TPSA) is 110 Å². The van der Waals surface area contributed by atoms with E-state index in [-0.39, 0.29) is 10.9 Å². The predicted molar refractivity (Wildman–Crippen MR) is 126 cm³/mol. The number of hydrogen-bond donors (Lipinski definition) is 2. The first-order valence-corrected chi connectivity index (χ1v) is 13.3. The molecule has 1 aromatic heterocycles. The molecule has 0 radical (unpaired) electrons. The minimum atomic E-state index is -3.61. The molecule has 1 aromatic carbocycles. The Bertz CT molecular complexity index is 1130. The molecular weight excluding hydrogens is 446 g/mol. The maximum Gasteiger partial charge on any atom is 0.256 e. The number of anilines is 1. The third-order valence-electron chi connectivity index (χ3n) is 6.62. The molecule has 9 heteroatoms. The van der Waals surface area contributed by atoms with E-state index in [2.05, 4.69) is 12.2 Å². The van der Waals surface area contributed by atoms with Crippen LogP contribution < -0.4 is 11.1 Å². The number of sulfonamides is 1. The van der Waals surface area contributed by atoms with Crippen molar-refractivity contribution in [2.45, 2.75) is 62.8 Å². The lowest BCUT2D eigenvalue weighted by Crippen LogP contribution is -2.35. The summed E-state index contributed by atoms with van der Waals surface area (Å²) in [4.78, 5) is 26.2. The molecule has 1 fully saturated rings. The van der Waals surface area contributed by atoms with E-state index < -0.39 is 21.8 Å². The fraction of sp³-hybridized carbons (Fsp3) is 0.478. The summed E-state index contributed by atoms with van der Waals surface area (Å²) < 4.78 is 27.3. The highest BCUT2D eigenvalue weighted by Gasteiger charge is 2.30. The van der Waals surface area contributed by atoms with Crippen LogP contribution in [0.1, 0.15) is 70.2 Å². The summed E-state index contributed by atoms with van der Waals surface area (Å²) in [5, 5.41) is 3.30. The summed E-state index contributed by atoms with van der Waals surface area (Å²) in [6.07, 6.45) is 6.48. The summed E-state index contributed by atoms with van der Waals surface area (Å²) in [5.74, 6) is -0.404. The average molecular weight is 476 g/mol. The minimum Gasteiger partial charge on any atom is -0.365 e. The Morgan fingerprint density at radius 2 is 1.78 bits per heavy atom. The molecule has 2 amide bonds. The van der Waals surface area contributed by atoms with Gasteiger partial charge in [-0.05, 0) is 67.9 Å². The molecular formula is C23H29N3O4S2. The second-order valence-corrected chi connectivity index (χ2v) is 12.0. The fourth-order valence-electron chi connectivity index (χ4n) is 4.68. The zero-order chi connectivity index (χ0) is 23.0. The van der Waals surface area contributed by atoms with E-state index in [4.69, 9.17) is 5.73 Å². The highest BCUT2D eigenvalue weighted by molar-refractivity contribution is 7.89. The van der Waals surface area contributed by atoms with Gasteiger partial charge in [0.1, 0.15) is 5.00 Å². The Kier molecular flexibility index (Phi) is 6.42. The van der Waals surface area contributed by atoms with Gasteiger partial charge in [-0.2, -0.15) is 4.31 Å². The first-order chi connectivity index (χ1) is 15.2. The summed E-state index contributed by atoms with van der Waals surface area (Å²) in [7, 11) is -1.98. The van der Waals surface area contributed by atoms with Gasteiger partial charge in [0, 0.05) is 23.5 Å². The van der Waals surface area contributed by atoms with Crippen molar-refractivity contribution >= 4 is 38.2 Å². The normalized spacial score (nSPS) is 19.2. The number of rotatable bonds is 6. The Labute approximate surface area is 193 Å². The van der Waals surface area contributed by atoms with Gasteiger partial charge in [-0.1, -0.05) is 19.8 Å². The third-order valence-corrected chi connectivity index (χ3v) is 9.71. The van der Waals surface area contributed by atoms with Gasteiger partial charge in [0.25, 0.3) is 11.8 Å². The van der Waals surface area contributed by atoms with Crippen LogP contribution in [0.25, 0.3) is 0 Å². The molecule has 32 heavy (non-hydrogen) atoms. The van der Waals surface area contributed by atoms with Gasteiger partial charge in [0.2, 0.25) is 10.0 Å². The smallest absolute Gasteiger partial charge is 0.256 e. The first-order valence-electron chi connectivity index (χ1n) is 11.0. The van der Waals surface area contributed by atoms with E-state index in [9.17, 15) is 18.0 Å². The maximum absolute atomic E-state index is 12.9. The summed E-state index contributed by atoms with van der Waals surface area (Å²) in [5.41, 5.74) is 7.30. The second-order valence-electron chi connectivity index (χ2n) is 8.86. The monoisotopic (exact) mass is 475 g/mol. The van der Waals surface area contributed by atoms with Crippen LogP contribution in [0.15, 0.2) is 29.2 Å². The van der Waals surface area contributed by atoms with Crippen molar-refractivity contribution < 1.29 is 18.0 Å². The second kappa shape index (κ2) is 8.96. The summed E-state index contributed by atoms with van der Waals surface area (Å²) >= 11 is 1.41. The molecule has 7 nitrogen and oxygen atoms in total. The van der Waals surface area contributed by atoms with E-state index in [0.717, 1.165) is 55.4 Å². The zero-order valence-corrected chi connectivity index (χ0v) is 20.0. The van der Waals surface area contributed by atoms with Gasteiger partial charge in [0.05, 0.1) is 10.5 Å². The van der Waals surface area contributed by atoms with Crippen molar-refractivity contribution in [1.29, 1.82) is 0 Å². The van der Waals surface area contributed by atoms with Crippen molar-refractivity contribution in [3.63, 3.8) is 0 Å². The van der Waals surface area contributed by atoms with Crippen molar-refractivity contribution in [3.05, 3.63) is 45.8 Å². The number of fused-ring (bicyclic) bond motifs is 1. The van der Waals surface area contributed by atoms with Crippen molar-refractivity contribution in [3.8, 4) is 0 Å².